The number of nitrogens with one attached hydrogen (secondary N) is 1. The molecule has 0 spiro atoms. The van der Waals surface area contributed by atoms with Gasteiger partial charge >= 0.3 is 6.18 Å². The van der Waals surface area contributed by atoms with E-state index in [1.165, 1.54) is 0 Å². The zero-order valence-corrected chi connectivity index (χ0v) is 9.40. The number of rotatable bonds is 4. The molecule has 3 nitrogen and oxygen atoms in total. The van der Waals surface area contributed by atoms with Gasteiger partial charge in [-0.2, -0.15) is 13.2 Å². The second kappa shape index (κ2) is 4.83. The fourth-order valence-corrected chi connectivity index (χ4v) is 1.34. The van der Waals surface area contributed by atoms with E-state index in [1.807, 2.05) is 0 Å². The highest BCUT2D eigenvalue weighted by Gasteiger charge is 2.36. The van der Waals surface area contributed by atoms with Crippen LogP contribution in [0.3, 0.4) is 0 Å². The van der Waals surface area contributed by atoms with E-state index in [0.29, 0.717) is 11.4 Å². The first-order chi connectivity index (χ1) is 6.60. The molecule has 15 heavy (non-hydrogen) atoms. The summed E-state index contributed by atoms with van der Waals surface area (Å²) in [6, 6.07) is 0. The molecule has 0 aromatic rings. The summed E-state index contributed by atoms with van der Waals surface area (Å²) < 4.78 is 36.1. The number of carbonyl (C=O) groups is 1. The summed E-state index contributed by atoms with van der Waals surface area (Å²) in [5, 5.41) is 2.83. The molecule has 0 heterocycles. The molecular formula is C9H17F3N2O. The Labute approximate surface area is 87.6 Å². The molecule has 0 saturated carbocycles. The molecular weight excluding hydrogens is 209 g/mol. The van der Waals surface area contributed by atoms with Gasteiger partial charge in [0, 0.05) is 7.05 Å². The van der Waals surface area contributed by atoms with E-state index in [-0.39, 0.29) is 0 Å². The fourth-order valence-electron chi connectivity index (χ4n) is 1.34. The molecule has 1 N–H and O–H groups in total. The lowest BCUT2D eigenvalue weighted by molar-refractivity contribution is -0.161. The normalized spacial score (nSPS) is 12.7. The molecule has 0 radical (unpaired) electrons. The highest BCUT2D eigenvalue weighted by molar-refractivity contribution is 5.85. The molecule has 0 aliphatic rings. The molecule has 0 fully saturated rings. The number of alkyl halides is 3. The molecule has 90 valence electrons. The van der Waals surface area contributed by atoms with Crippen LogP contribution in [0.2, 0.25) is 0 Å². The van der Waals surface area contributed by atoms with Crippen LogP contribution in [0.1, 0.15) is 20.8 Å². The van der Waals surface area contributed by atoms with E-state index in [9.17, 15) is 18.0 Å². The number of nitrogens with zero attached hydrogens (tertiary/aromatic N) is 1. The molecule has 0 rings (SSSR count). The highest BCUT2D eigenvalue weighted by atomic mass is 19.4. The van der Waals surface area contributed by atoms with Crippen molar-refractivity contribution in [3.63, 3.8) is 0 Å². The summed E-state index contributed by atoms with van der Waals surface area (Å²) in [4.78, 5) is 12.3. The highest BCUT2D eigenvalue weighted by Crippen LogP contribution is 2.17. The number of amides is 1. The Balaban J connectivity index is 4.44. The lowest BCUT2D eigenvalue weighted by Crippen LogP contribution is -2.54. The van der Waals surface area contributed by atoms with Crippen LogP contribution < -0.4 is 5.32 Å². The molecule has 1 amide bonds. The van der Waals surface area contributed by atoms with Crippen LogP contribution in [0.15, 0.2) is 0 Å². The van der Waals surface area contributed by atoms with Gasteiger partial charge in [-0.15, -0.1) is 0 Å². The summed E-state index contributed by atoms with van der Waals surface area (Å²) in [5.41, 5.74) is -0.964. The fraction of sp³-hybridized carbons (Fsp3) is 0.889. The van der Waals surface area contributed by atoms with E-state index >= 15 is 0 Å². The third-order valence-electron chi connectivity index (χ3n) is 1.92. The minimum atomic E-state index is -4.35. The van der Waals surface area contributed by atoms with Gasteiger partial charge < -0.3 is 10.2 Å². The van der Waals surface area contributed by atoms with Crippen LogP contribution in [-0.4, -0.2) is 42.7 Å². The van der Waals surface area contributed by atoms with Gasteiger partial charge in [0.05, 0.1) is 5.54 Å². The summed E-state index contributed by atoms with van der Waals surface area (Å²) in [6.07, 6.45) is -4.35. The maximum absolute atomic E-state index is 12.0. The lowest BCUT2D eigenvalue weighted by Gasteiger charge is -2.30. The summed E-state index contributed by atoms with van der Waals surface area (Å²) in [5.74, 6) is -0.568. The van der Waals surface area contributed by atoms with Crippen LogP contribution in [0, 0.1) is 0 Å². The molecule has 0 bridgehead atoms. The van der Waals surface area contributed by atoms with Crippen molar-refractivity contribution in [1.82, 2.24) is 10.2 Å². The maximum atomic E-state index is 12.0. The van der Waals surface area contributed by atoms with Crippen LogP contribution >= 0.6 is 0 Å². The summed E-state index contributed by atoms with van der Waals surface area (Å²) >= 11 is 0. The number of likely N-dealkylation sites (N-methyl/N-ethyl adjacent to an activating group) is 2. The Hall–Kier alpha value is -0.780. The van der Waals surface area contributed by atoms with Crippen molar-refractivity contribution in [2.75, 3.05) is 20.1 Å². The average Bonchev–Trinajstić information content (AvgIpc) is 1.99. The zero-order valence-electron chi connectivity index (χ0n) is 9.40. The van der Waals surface area contributed by atoms with Gasteiger partial charge in [-0.05, 0) is 20.4 Å². The Morgan fingerprint density at radius 2 is 1.80 bits per heavy atom. The average molecular weight is 226 g/mol. The van der Waals surface area contributed by atoms with Crippen molar-refractivity contribution < 1.29 is 18.0 Å². The second-order valence-corrected chi connectivity index (χ2v) is 3.93. The number of carbonyl (C=O) groups excluding carboxylic acids is 1. The van der Waals surface area contributed by atoms with Crippen molar-refractivity contribution in [2.24, 2.45) is 0 Å². The first-order valence-electron chi connectivity index (χ1n) is 4.67. The van der Waals surface area contributed by atoms with Gasteiger partial charge in [-0.3, -0.25) is 4.79 Å². The maximum Gasteiger partial charge on any atom is 0.406 e. The number of hydrogen-bond acceptors (Lipinski definition) is 2. The van der Waals surface area contributed by atoms with Gasteiger partial charge in [-0.1, -0.05) is 6.92 Å². The van der Waals surface area contributed by atoms with E-state index in [4.69, 9.17) is 0 Å². The summed E-state index contributed by atoms with van der Waals surface area (Å²) in [7, 11) is 1.15. The lowest BCUT2D eigenvalue weighted by atomic mass is 10.0. The van der Waals surface area contributed by atoms with Crippen molar-refractivity contribution in [1.29, 1.82) is 0 Å². The molecule has 0 unspecified atom stereocenters. The van der Waals surface area contributed by atoms with Crippen molar-refractivity contribution >= 4 is 5.91 Å². The minimum absolute atomic E-state index is 0.526. The van der Waals surface area contributed by atoms with Gasteiger partial charge in [0.2, 0.25) is 5.91 Å². The quantitative estimate of drug-likeness (QED) is 0.785. The third kappa shape index (κ3) is 5.01. The molecule has 0 aromatic carbocycles. The Kier molecular flexibility index (Phi) is 4.58. The Morgan fingerprint density at radius 1 is 1.33 bits per heavy atom. The van der Waals surface area contributed by atoms with E-state index in [1.54, 1.807) is 20.8 Å². The SMILES string of the molecule is CCNC(C)(C)C(=O)N(C)CC(F)(F)F. The Bertz CT molecular complexity index is 226. The zero-order chi connectivity index (χ0) is 12.3. The van der Waals surface area contributed by atoms with Crippen molar-refractivity contribution in [3.05, 3.63) is 0 Å². The molecule has 6 heteroatoms. The predicted molar refractivity (Wildman–Crippen MR) is 51.4 cm³/mol. The monoisotopic (exact) mass is 226 g/mol. The standard InChI is InChI=1S/C9H17F3N2O/c1-5-13-8(2,3)7(15)14(4)6-9(10,11)12/h13H,5-6H2,1-4H3. The topological polar surface area (TPSA) is 32.3 Å². The smallest absolute Gasteiger partial charge is 0.335 e. The largest absolute Gasteiger partial charge is 0.406 e. The van der Waals surface area contributed by atoms with E-state index < -0.39 is 24.2 Å². The van der Waals surface area contributed by atoms with Crippen LogP contribution in [0.25, 0.3) is 0 Å². The number of hydrogen-bond donors (Lipinski definition) is 1. The van der Waals surface area contributed by atoms with Gasteiger partial charge in [-0.25, -0.2) is 0 Å². The molecule has 0 saturated heterocycles. The van der Waals surface area contributed by atoms with Gasteiger partial charge in [0.25, 0.3) is 0 Å². The first-order valence-corrected chi connectivity index (χ1v) is 4.67. The van der Waals surface area contributed by atoms with Crippen LogP contribution in [0.5, 0.6) is 0 Å². The van der Waals surface area contributed by atoms with Crippen LogP contribution in [-0.2, 0) is 4.79 Å². The van der Waals surface area contributed by atoms with Gasteiger partial charge in [0.1, 0.15) is 6.54 Å². The minimum Gasteiger partial charge on any atom is -0.335 e. The first kappa shape index (κ1) is 14.2. The summed E-state index contributed by atoms with van der Waals surface area (Å²) in [6.45, 7) is 4.22. The molecule has 0 aliphatic heterocycles. The second-order valence-electron chi connectivity index (χ2n) is 3.93. The number of halogens is 3. The van der Waals surface area contributed by atoms with Crippen molar-refractivity contribution in [2.45, 2.75) is 32.5 Å². The molecule has 0 atom stereocenters. The van der Waals surface area contributed by atoms with Crippen LogP contribution in [0.4, 0.5) is 13.2 Å². The molecule has 0 aromatic heterocycles. The predicted octanol–water partition coefficient (Wildman–Crippen LogP) is 1.40. The van der Waals surface area contributed by atoms with E-state index in [2.05, 4.69) is 5.32 Å². The third-order valence-corrected chi connectivity index (χ3v) is 1.92. The van der Waals surface area contributed by atoms with Crippen molar-refractivity contribution in [3.8, 4) is 0 Å². The molecule has 0 aliphatic carbocycles. The van der Waals surface area contributed by atoms with E-state index in [0.717, 1.165) is 7.05 Å². The van der Waals surface area contributed by atoms with Gasteiger partial charge in [0.15, 0.2) is 0 Å². The Morgan fingerprint density at radius 3 is 2.13 bits per heavy atom.